The van der Waals surface area contributed by atoms with Gasteiger partial charge in [-0.15, -0.1) is 0 Å². The molecule has 0 amide bonds. The lowest BCUT2D eigenvalue weighted by Gasteiger charge is -2.07. The van der Waals surface area contributed by atoms with Gasteiger partial charge in [0.15, 0.2) is 0 Å². The van der Waals surface area contributed by atoms with Gasteiger partial charge in [0.1, 0.15) is 11.6 Å². The number of thioether (sulfide) groups is 1. The zero-order valence-electron chi connectivity index (χ0n) is 11.5. The summed E-state index contributed by atoms with van der Waals surface area (Å²) in [6.07, 6.45) is 0. The quantitative estimate of drug-likeness (QED) is 0.461. The largest absolute Gasteiger partial charge is 0.493 e. The summed E-state index contributed by atoms with van der Waals surface area (Å²) in [5.74, 6) is 2.73. The number of nitrogens with one attached hydrogen (secondary N) is 1. The second-order valence-corrected chi connectivity index (χ2v) is 6.01. The maximum absolute atomic E-state index is 7.32. The lowest BCUT2D eigenvalue weighted by molar-refractivity contribution is 0.344. The summed E-state index contributed by atoms with van der Waals surface area (Å²) < 4.78 is 5.64. The van der Waals surface area contributed by atoms with Gasteiger partial charge in [0, 0.05) is 22.1 Å². The first-order valence-electron chi connectivity index (χ1n) is 6.54. The third-order valence-corrected chi connectivity index (χ3v) is 4.09. The van der Waals surface area contributed by atoms with E-state index in [1.54, 1.807) is 12.1 Å². The van der Waals surface area contributed by atoms with E-state index in [0.717, 1.165) is 22.3 Å². The van der Waals surface area contributed by atoms with Gasteiger partial charge >= 0.3 is 0 Å². The Kier molecular flexibility index (Phi) is 5.96. The molecule has 0 unspecified atom stereocenters. The summed E-state index contributed by atoms with van der Waals surface area (Å²) in [7, 11) is 0. The standard InChI is InChI=1S/C16H17ClN2OS/c17-14-5-1-12(2-6-14)11-21-10-9-20-15-7-3-13(4-8-15)16(18)19/h1-8H,9-11H2,(H3,18,19). The van der Waals surface area contributed by atoms with Crippen molar-refractivity contribution in [3.8, 4) is 5.75 Å². The minimum Gasteiger partial charge on any atom is -0.493 e. The van der Waals surface area contributed by atoms with Crippen LogP contribution in [0.4, 0.5) is 0 Å². The molecule has 3 N–H and O–H groups in total. The molecule has 0 heterocycles. The highest BCUT2D eigenvalue weighted by Gasteiger charge is 1.98. The summed E-state index contributed by atoms with van der Waals surface area (Å²) >= 11 is 7.66. The summed E-state index contributed by atoms with van der Waals surface area (Å²) in [4.78, 5) is 0. The Hall–Kier alpha value is -1.65. The van der Waals surface area contributed by atoms with Crippen LogP contribution in [-0.2, 0) is 5.75 Å². The molecule has 0 saturated heterocycles. The van der Waals surface area contributed by atoms with E-state index in [2.05, 4.69) is 0 Å². The smallest absolute Gasteiger partial charge is 0.122 e. The van der Waals surface area contributed by atoms with E-state index in [1.165, 1.54) is 5.56 Å². The SMILES string of the molecule is N=C(N)c1ccc(OCCSCc2ccc(Cl)cc2)cc1. The minimum atomic E-state index is 0.0695. The molecule has 0 aliphatic heterocycles. The van der Waals surface area contributed by atoms with Crippen LogP contribution < -0.4 is 10.5 Å². The molecular formula is C16H17ClN2OS. The third-order valence-electron chi connectivity index (χ3n) is 2.84. The lowest BCUT2D eigenvalue weighted by atomic mass is 10.2. The number of nitrogens with two attached hydrogens (primary N) is 1. The Balaban J connectivity index is 1.67. The van der Waals surface area contributed by atoms with E-state index in [9.17, 15) is 0 Å². The Bertz CT molecular complexity index is 584. The number of hydrogen-bond acceptors (Lipinski definition) is 3. The molecule has 0 saturated carbocycles. The summed E-state index contributed by atoms with van der Waals surface area (Å²) in [6.45, 7) is 0.650. The molecule has 2 aromatic carbocycles. The Morgan fingerprint density at radius 1 is 1.10 bits per heavy atom. The van der Waals surface area contributed by atoms with E-state index in [0.29, 0.717) is 12.2 Å². The molecule has 21 heavy (non-hydrogen) atoms. The van der Waals surface area contributed by atoms with Crippen LogP contribution >= 0.6 is 23.4 Å². The first kappa shape index (κ1) is 15.7. The fourth-order valence-electron chi connectivity index (χ4n) is 1.72. The zero-order chi connectivity index (χ0) is 15.1. The van der Waals surface area contributed by atoms with E-state index in [1.807, 2.05) is 48.2 Å². The highest BCUT2D eigenvalue weighted by molar-refractivity contribution is 7.98. The van der Waals surface area contributed by atoms with Crippen LogP contribution in [0.25, 0.3) is 0 Å². The molecule has 110 valence electrons. The predicted octanol–water partition coefficient (Wildman–Crippen LogP) is 3.94. The first-order valence-corrected chi connectivity index (χ1v) is 8.08. The number of hydrogen-bond donors (Lipinski definition) is 2. The van der Waals surface area contributed by atoms with Crippen molar-refractivity contribution in [3.63, 3.8) is 0 Å². The van der Waals surface area contributed by atoms with E-state index in [4.69, 9.17) is 27.5 Å². The highest BCUT2D eigenvalue weighted by Crippen LogP contribution is 2.16. The molecule has 0 bridgehead atoms. The molecule has 0 aliphatic rings. The topological polar surface area (TPSA) is 59.1 Å². The summed E-state index contributed by atoms with van der Waals surface area (Å²) in [5.41, 5.74) is 7.37. The number of rotatable bonds is 7. The Labute approximate surface area is 134 Å². The molecule has 0 aliphatic carbocycles. The van der Waals surface area contributed by atoms with Crippen LogP contribution in [0.3, 0.4) is 0 Å². The van der Waals surface area contributed by atoms with E-state index < -0.39 is 0 Å². The second kappa shape index (κ2) is 7.96. The van der Waals surface area contributed by atoms with Gasteiger partial charge in [0.2, 0.25) is 0 Å². The van der Waals surface area contributed by atoms with Crippen LogP contribution in [0.5, 0.6) is 5.75 Å². The maximum atomic E-state index is 7.32. The average Bonchev–Trinajstić information content (AvgIpc) is 2.49. The van der Waals surface area contributed by atoms with Gasteiger partial charge in [-0.05, 0) is 42.0 Å². The monoisotopic (exact) mass is 320 g/mol. The second-order valence-electron chi connectivity index (χ2n) is 4.47. The van der Waals surface area contributed by atoms with Crippen molar-refractivity contribution < 1.29 is 4.74 Å². The maximum Gasteiger partial charge on any atom is 0.122 e. The van der Waals surface area contributed by atoms with Crippen LogP contribution in [0.15, 0.2) is 48.5 Å². The van der Waals surface area contributed by atoms with Gasteiger partial charge in [-0.25, -0.2) is 0 Å². The van der Waals surface area contributed by atoms with Crippen LogP contribution in [0.1, 0.15) is 11.1 Å². The molecule has 2 rings (SSSR count). The highest BCUT2D eigenvalue weighted by atomic mass is 35.5. The first-order chi connectivity index (χ1) is 10.1. The molecule has 0 fully saturated rings. The molecule has 0 radical (unpaired) electrons. The average molecular weight is 321 g/mol. The number of ether oxygens (including phenoxy) is 1. The van der Waals surface area contributed by atoms with Crippen molar-refractivity contribution in [1.29, 1.82) is 5.41 Å². The van der Waals surface area contributed by atoms with Crippen molar-refractivity contribution in [1.82, 2.24) is 0 Å². The van der Waals surface area contributed by atoms with Crippen LogP contribution in [0.2, 0.25) is 5.02 Å². The Morgan fingerprint density at radius 2 is 1.76 bits per heavy atom. The fraction of sp³-hybridized carbons (Fsp3) is 0.188. The molecule has 5 heteroatoms. The number of halogens is 1. The van der Waals surface area contributed by atoms with Crippen molar-refractivity contribution in [2.24, 2.45) is 5.73 Å². The zero-order valence-corrected chi connectivity index (χ0v) is 13.1. The van der Waals surface area contributed by atoms with Gasteiger partial charge in [0.25, 0.3) is 0 Å². The van der Waals surface area contributed by atoms with Crippen molar-refractivity contribution in [2.45, 2.75) is 5.75 Å². The van der Waals surface area contributed by atoms with Gasteiger partial charge in [-0.1, -0.05) is 23.7 Å². The molecule has 0 atom stereocenters. The van der Waals surface area contributed by atoms with Gasteiger partial charge < -0.3 is 10.5 Å². The third kappa shape index (κ3) is 5.33. The summed E-state index contributed by atoms with van der Waals surface area (Å²) in [6, 6.07) is 15.1. The fourth-order valence-corrected chi connectivity index (χ4v) is 2.62. The lowest BCUT2D eigenvalue weighted by Crippen LogP contribution is -2.10. The van der Waals surface area contributed by atoms with E-state index in [-0.39, 0.29) is 5.84 Å². The van der Waals surface area contributed by atoms with Crippen molar-refractivity contribution in [2.75, 3.05) is 12.4 Å². The molecule has 2 aromatic rings. The molecule has 0 aromatic heterocycles. The minimum absolute atomic E-state index is 0.0695. The molecular weight excluding hydrogens is 304 g/mol. The summed E-state index contributed by atoms with van der Waals surface area (Å²) in [5, 5.41) is 8.08. The van der Waals surface area contributed by atoms with Gasteiger partial charge in [0.05, 0.1) is 6.61 Å². The number of benzene rings is 2. The van der Waals surface area contributed by atoms with Gasteiger partial charge in [-0.2, -0.15) is 11.8 Å². The molecule has 3 nitrogen and oxygen atoms in total. The van der Waals surface area contributed by atoms with Crippen LogP contribution in [-0.4, -0.2) is 18.2 Å². The van der Waals surface area contributed by atoms with Crippen LogP contribution in [0, 0.1) is 5.41 Å². The number of amidine groups is 1. The van der Waals surface area contributed by atoms with E-state index >= 15 is 0 Å². The van der Waals surface area contributed by atoms with Crippen molar-refractivity contribution in [3.05, 3.63) is 64.7 Å². The van der Waals surface area contributed by atoms with Crippen molar-refractivity contribution >= 4 is 29.2 Å². The normalized spacial score (nSPS) is 10.3. The Morgan fingerprint density at radius 3 is 2.38 bits per heavy atom. The predicted molar refractivity (Wildman–Crippen MR) is 90.6 cm³/mol. The van der Waals surface area contributed by atoms with Gasteiger partial charge in [-0.3, -0.25) is 5.41 Å². The molecule has 0 spiro atoms. The number of nitrogen functional groups attached to an aromatic ring is 1.